The van der Waals surface area contributed by atoms with E-state index < -0.39 is 0 Å². The van der Waals surface area contributed by atoms with E-state index in [0.717, 1.165) is 0 Å². The second-order valence-corrected chi connectivity index (χ2v) is 1.56. The summed E-state index contributed by atoms with van der Waals surface area (Å²) in [6, 6.07) is 2.18. The Hall–Kier alpha value is -1.50. The van der Waals surface area contributed by atoms with Crippen molar-refractivity contribution in [3.8, 4) is 6.07 Å². The van der Waals surface area contributed by atoms with Crippen LogP contribution in [0.15, 0.2) is 12.4 Å². The predicted octanol–water partition coefficient (Wildman–Crippen LogP) is 0.599. The van der Waals surface area contributed by atoms with Crippen LogP contribution in [0, 0.1) is 11.3 Å². The lowest BCUT2D eigenvalue weighted by atomic mass is 10.7. The molecule has 0 aliphatic heterocycles. The largest absolute Gasteiger partial charge is 0.498 e. The molecule has 0 saturated heterocycles. The number of aryl methyl sites for hydroxylation is 1. The summed E-state index contributed by atoms with van der Waals surface area (Å²) in [5.74, 6) is 0.449. The van der Waals surface area contributed by atoms with Crippen molar-refractivity contribution in [2.45, 2.75) is 0 Å². The molecule has 0 N–H and O–H groups in total. The van der Waals surface area contributed by atoms with Gasteiger partial charge in [0, 0.05) is 24.4 Å². The molecule has 46 valence electrons. The molecule has 0 aliphatic rings. The van der Waals surface area contributed by atoms with Crippen molar-refractivity contribution in [3.05, 3.63) is 28.4 Å². The third kappa shape index (κ3) is 0.995. The van der Waals surface area contributed by atoms with Crippen molar-refractivity contribution in [2.75, 3.05) is 0 Å². The Balaban J connectivity index is 3.03. The van der Waals surface area contributed by atoms with Gasteiger partial charge in [0.15, 0.2) is 0 Å². The fourth-order valence-corrected chi connectivity index (χ4v) is 0.514. The van der Waals surface area contributed by atoms with E-state index in [2.05, 4.69) is 16.1 Å². The predicted molar refractivity (Wildman–Crippen MR) is 32.9 cm³/mol. The maximum atomic E-state index is 9.61. The number of aromatic nitrogens is 2. The lowest BCUT2D eigenvalue weighted by Gasteiger charge is -1.82. The maximum absolute atomic E-state index is 9.61. The summed E-state index contributed by atoms with van der Waals surface area (Å²) < 4.78 is 1.65. The monoisotopic (exact) mass is 123 g/mol. The van der Waals surface area contributed by atoms with Gasteiger partial charge in [-0.3, -0.25) is 0 Å². The van der Waals surface area contributed by atoms with E-state index in [1.165, 1.54) is 0 Å². The summed E-state index contributed by atoms with van der Waals surface area (Å²) in [6.07, 6.45) is 3.29. The summed E-state index contributed by atoms with van der Waals surface area (Å²) in [4.78, 5) is 3.76. The smallest absolute Gasteiger partial charge is 0.376 e. The van der Waals surface area contributed by atoms with Crippen LogP contribution in [0.25, 0.3) is 5.01 Å². The van der Waals surface area contributed by atoms with Crippen LogP contribution in [0.3, 0.4) is 0 Å². The Morgan fingerprint density at radius 1 is 1.89 bits per heavy atom. The fraction of sp³-hybridized carbons (Fsp3) is 0.200. The summed E-state index contributed by atoms with van der Waals surface area (Å²) in [5, 5.41) is 12.1. The molecule has 0 saturated carbocycles. The lowest BCUT2D eigenvalue weighted by molar-refractivity contribution is 0.893. The van der Waals surface area contributed by atoms with Crippen molar-refractivity contribution in [3.63, 3.8) is 0 Å². The summed E-state index contributed by atoms with van der Waals surface area (Å²) in [7, 11) is 1.76. The molecule has 0 atom stereocenters. The second-order valence-electron chi connectivity index (χ2n) is 1.56. The van der Waals surface area contributed by atoms with Crippen LogP contribution in [-0.4, -0.2) is 9.55 Å². The van der Waals surface area contributed by atoms with E-state index in [-0.39, 0.29) is 0 Å². The van der Waals surface area contributed by atoms with Gasteiger partial charge in [-0.15, -0.1) is 0 Å². The molecule has 0 bridgehead atoms. The van der Waals surface area contributed by atoms with Crippen LogP contribution in [0.4, 0.5) is 0 Å². The number of nitrogens with zero attached hydrogens (tertiary/aromatic N) is 3. The van der Waals surface area contributed by atoms with Crippen molar-refractivity contribution in [1.82, 2.24) is 9.55 Å². The van der Waals surface area contributed by atoms with E-state index in [4.69, 9.17) is 0 Å². The Labute approximate surface area is 52.2 Å². The molecular weight excluding hydrogens is 118 g/mol. The molecule has 4 nitrogen and oxygen atoms in total. The van der Waals surface area contributed by atoms with Gasteiger partial charge in [0.25, 0.3) is 5.82 Å². The van der Waals surface area contributed by atoms with Crippen LogP contribution in [-0.2, 0) is 7.05 Å². The van der Waals surface area contributed by atoms with Crippen LogP contribution in [0.2, 0.25) is 0 Å². The number of hydrogen-bond acceptors (Lipinski definition) is 2. The summed E-state index contributed by atoms with van der Waals surface area (Å²) in [6.45, 7) is 0. The van der Waals surface area contributed by atoms with Gasteiger partial charge in [-0.05, 0) is 0 Å². The SMILES string of the molecule is Cn1ccnc1C#[N+][O-]. The molecule has 0 aliphatic carbocycles. The lowest BCUT2D eigenvalue weighted by Crippen LogP contribution is -1.89. The Bertz CT molecular complexity index is 255. The van der Waals surface area contributed by atoms with Crippen LogP contribution in [0.1, 0.15) is 5.82 Å². The molecule has 1 heterocycles. The van der Waals surface area contributed by atoms with Crippen molar-refractivity contribution in [2.24, 2.45) is 7.05 Å². The molecule has 9 heavy (non-hydrogen) atoms. The van der Waals surface area contributed by atoms with Crippen LogP contribution >= 0.6 is 0 Å². The average Bonchev–Trinajstić information content (AvgIpc) is 2.18. The van der Waals surface area contributed by atoms with Crippen LogP contribution in [0.5, 0.6) is 0 Å². The van der Waals surface area contributed by atoms with Gasteiger partial charge in [0.1, 0.15) is 0 Å². The fourth-order valence-electron chi connectivity index (χ4n) is 0.514. The zero-order chi connectivity index (χ0) is 6.69. The van der Waals surface area contributed by atoms with Gasteiger partial charge in [0.2, 0.25) is 0 Å². The zero-order valence-electron chi connectivity index (χ0n) is 4.90. The first-order chi connectivity index (χ1) is 4.34. The summed E-state index contributed by atoms with van der Waals surface area (Å²) >= 11 is 0. The third-order valence-electron chi connectivity index (χ3n) is 0.967. The standard InChI is InChI=1S/C5H5N3O/c1-8-3-2-6-5(8)4-7-9/h2-3H,1H3. The molecule has 1 rings (SSSR count). The Kier molecular flexibility index (Phi) is 1.36. The first kappa shape index (κ1) is 5.63. The molecule has 4 heteroatoms. The van der Waals surface area contributed by atoms with Crippen molar-refractivity contribution in [1.29, 1.82) is 0 Å². The molecule has 0 aromatic carbocycles. The van der Waals surface area contributed by atoms with E-state index >= 15 is 0 Å². The van der Waals surface area contributed by atoms with Gasteiger partial charge < -0.3 is 9.77 Å². The molecule has 0 spiro atoms. The van der Waals surface area contributed by atoms with Gasteiger partial charge >= 0.3 is 6.07 Å². The minimum atomic E-state index is 0.449. The van der Waals surface area contributed by atoms with Gasteiger partial charge in [0.05, 0.1) is 0 Å². The number of rotatable bonds is 0. The zero-order valence-corrected chi connectivity index (χ0v) is 4.90. The van der Waals surface area contributed by atoms with E-state index in [9.17, 15) is 5.21 Å². The highest BCUT2D eigenvalue weighted by molar-refractivity contribution is 5.16. The summed E-state index contributed by atoms with van der Waals surface area (Å²) in [5.41, 5.74) is 0. The number of hydrogen-bond donors (Lipinski definition) is 0. The molecule has 1 aromatic rings. The topological polar surface area (TPSA) is 45.2 Å². The third-order valence-corrected chi connectivity index (χ3v) is 0.967. The molecule has 0 unspecified atom stereocenters. The van der Waals surface area contributed by atoms with Gasteiger partial charge in [-0.1, -0.05) is 0 Å². The van der Waals surface area contributed by atoms with Crippen LogP contribution < -0.4 is 0 Å². The number of imidazole rings is 1. The molecule has 0 fully saturated rings. The van der Waals surface area contributed by atoms with E-state index in [0.29, 0.717) is 5.82 Å². The highest BCUT2D eigenvalue weighted by atomic mass is 16.4. The molecule has 0 amide bonds. The molecular formula is C5H5N3O. The van der Waals surface area contributed by atoms with E-state index in [1.807, 2.05) is 0 Å². The first-order valence-electron chi connectivity index (χ1n) is 2.40. The average molecular weight is 123 g/mol. The molecule has 1 aromatic heterocycles. The van der Waals surface area contributed by atoms with Gasteiger partial charge in [-0.2, -0.15) is 0 Å². The van der Waals surface area contributed by atoms with E-state index in [1.54, 1.807) is 24.0 Å². The first-order valence-corrected chi connectivity index (χ1v) is 2.40. The molecule has 0 radical (unpaired) electrons. The Morgan fingerprint density at radius 3 is 3.11 bits per heavy atom. The minimum absolute atomic E-state index is 0.449. The highest BCUT2D eigenvalue weighted by Gasteiger charge is 1.97. The second kappa shape index (κ2) is 2.18. The van der Waals surface area contributed by atoms with Crippen molar-refractivity contribution >= 4 is 0 Å². The highest BCUT2D eigenvalue weighted by Crippen LogP contribution is 1.89. The normalized spacial score (nSPS) is 8.11. The minimum Gasteiger partial charge on any atom is -0.498 e. The quantitative estimate of drug-likeness (QED) is 0.474. The maximum Gasteiger partial charge on any atom is 0.376 e. The van der Waals surface area contributed by atoms with Gasteiger partial charge in [-0.25, -0.2) is 4.98 Å². The Morgan fingerprint density at radius 2 is 2.67 bits per heavy atom. The van der Waals surface area contributed by atoms with Crippen molar-refractivity contribution < 1.29 is 0 Å².